The van der Waals surface area contributed by atoms with E-state index in [1.807, 2.05) is 32.6 Å². The fourth-order valence-electron chi connectivity index (χ4n) is 5.79. The summed E-state index contributed by atoms with van der Waals surface area (Å²) in [6, 6.07) is 3.67. The third kappa shape index (κ3) is 4.83. The van der Waals surface area contributed by atoms with E-state index in [1.165, 1.54) is 12.1 Å². The third-order valence-electron chi connectivity index (χ3n) is 7.75. The molecule has 5 atom stereocenters. The Bertz CT molecular complexity index is 815. The van der Waals surface area contributed by atoms with E-state index in [0.29, 0.717) is 31.7 Å². The van der Waals surface area contributed by atoms with Crippen molar-refractivity contribution in [3.05, 3.63) is 35.4 Å². The molecular weight excluding hydrogens is 434 g/mol. The van der Waals surface area contributed by atoms with Gasteiger partial charge in [-0.2, -0.15) is 0 Å². The summed E-state index contributed by atoms with van der Waals surface area (Å²) in [6.07, 6.45) is 0. The molecule has 4 nitrogen and oxygen atoms in total. The van der Waals surface area contributed by atoms with Gasteiger partial charge in [0.2, 0.25) is 5.91 Å². The largest absolute Gasteiger partial charge is 0.389 e. The van der Waals surface area contributed by atoms with Crippen molar-refractivity contribution in [1.29, 1.82) is 0 Å². The first-order valence-electron chi connectivity index (χ1n) is 11.5. The van der Waals surface area contributed by atoms with Gasteiger partial charge in [-0.25, -0.2) is 8.78 Å². The van der Waals surface area contributed by atoms with Gasteiger partial charge in [0.25, 0.3) is 0 Å². The number of hydrogen-bond acceptors (Lipinski definition) is 3. The summed E-state index contributed by atoms with van der Waals surface area (Å²) in [6.45, 7) is 16.4. The monoisotopic (exact) mass is 472 g/mol. The van der Waals surface area contributed by atoms with Gasteiger partial charge in [0.05, 0.1) is 11.5 Å². The fraction of sp³-hybridized carbons (Fsp3) is 0.720. The molecule has 0 radical (unpaired) electrons. The molecule has 0 saturated carbocycles. The molecule has 3 rings (SSSR count). The number of aliphatic hydroxyl groups is 1. The van der Waals surface area contributed by atoms with Gasteiger partial charge in [-0.3, -0.25) is 9.69 Å². The first kappa shape index (κ1) is 27.0. The van der Waals surface area contributed by atoms with E-state index in [0.717, 1.165) is 6.07 Å². The first-order valence-corrected chi connectivity index (χ1v) is 11.5. The Morgan fingerprint density at radius 2 is 1.66 bits per heavy atom. The van der Waals surface area contributed by atoms with Gasteiger partial charge in [0.1, 0.15) is 11.6 Å². The van der Waals surface area contributed by atoms with Crippen LogP contribution in [0, 0.1) is 35.3 Å². The van der Waals surface area contributed by atoms with Gasteiger partial charge < -0.3 is 10.0 Å². The molecule has 0 bridgehead atoms. The van der Waals surface area contributed by atoms with Crippen molar-refractivity contribution in [3.8, 4) is 0 Å². The third-order valence-corrected chi connectivity index (χ3v) is 7.75. The van der Waals surface area contributed by atoms with Crippen LogP contribution in [-0.4, -0.2) is 58.1 Å². The van der Waals surface area contributed by atoms with Crippen molar-refractivity contribution < 1.29 is 18.7 Å². The summed E-state index contributed by atoms with van der Waals surface area (Å²) in [7, 11) is 0. The zero-order chi connectivity index (χ0) is 23.3. The van der Waals surface area contributed by atoms with Crippen LogP contribution in [0.25, 0.3) is 0 Å². The van der Waals surface area contributed by atoms with Crippen molar-refractivity contribution in [3.63, 3.8) is 0 Å². The molecule has 0 aliphatic carbocycles. The van der Waals surface area contributed by atoms with Crippen molar-refractivity contribution >= 4 is 18.3 Å². The standard InChI is InChI=1S/C25H38F2N2O2.ClH/c1-15(2)25(31)16(3)11-28(12-17(25)4)23(30)21-14-29(24(5,6)7)13-20(21)19-9-8-18(26)10-22(19)27;/h8-10,15-17,20-21,31H,11-14H2,1-7H3;1H/t16-,17+,20-,21+,25?;/m0./s1. The van der Waals surface area contributed by atoms with Gasteiger partial charge in [-0.05, 0) is 38.3 Å². The molecule has 0 spiro atoms. The van der Waals surface area contributed by atoms with Crippen molar-refractivity contribution in [1.82, 2.24) is 9.80 Å². The quantitative estimate of drug-likeness (QED) is 0.693. The Morgan fingerprint density at radius 1 is 1.09 bits per heavy atom. The lowest BCUT2D eigenvalue weighted by Gasteiger charge is -2.50. The number of piperidine rings is 1. The van der Waals surface area contributed by atoms with E-state index in [9.17, 15) is 18.7 Å². The Hall–Kier alpha value is -1.24. The molecule has 2 fully saturated rings. The molecule has 1 N–H and O–H groups in total. The van der Waals surface area contributed by atoms with E-state index in [2.05, 4.69) is 25.7 Å². The molecule has 182 valence electrons. The molecule has 1 aromatic carbocycles. The summed E-state index contributed by atoms with van der Waals surface area (Å²) in [4.78, 5) is 17.8. The number of carbonyl (C=O) groups excluding carboxylic acids is 1. The van der Waals surface area contributed by atoms with Crippen LogP contribution in [0.3, 0.4) is 0 Å². The number of nitrogens with zero attached hydrogens (tertiary/aromatic N) is 2. The van der Waals surface area contributed by atoms with Crippen LogP contribution in [0.1, 0.15) is 59.9 Å². The minimum atomic E-state index is -0.813. The molecule has 2 aliphatic rings. The lowest BCUT2D eigenvalue weighted by atomic mass is 9.68. The smallest absolute Gasteiger partial charge is 0.227 e. The Labute approximate surface area is 197 Å². The molecule has 1 aromatic rings. The Morgan fingerprint density at radius 3 is 2.12 bits per heavy atom. The number of halogens is 3. The van der Waals surface area contributed by atoms with Crippen LogP contribution in [0.15, 0.2) is 18.2 Å². The molecule has 2 heterocycles. The maximum absolute atomic E-state index is 14.7. The highest BCUT2D eigenvalue weighted by atomic mass is 35.5. The second-order valence-electron chi connectivity index (χ2n) is 11.0. The number of hydrogen-bond donors (Lipinski definition) is 1. The number of benzene rings is 1. The summed E-state index contributed by atoms with van der Waals surface area (Å²) in [5, 5.41) is 11.3. The van der Waals surface area contributed by atoms with Gasteiger partial charge in [0.15, 0.2) is 0 Å². The lowest BCUT2D eigenvalue weighted by Crippen LogP contribution is -2.61. The molecule has 32 heavy (non-hydrogen) atoms. The maximum Gasteiger partial charge on any atom is 0.227 e. The molecule has 1 unspecified atom stereocenters. The molecule has 2 aliphatic heterocycles. The highest BCUT2D eigenvalue weighted by Gasteiger charge is 2.50. The summed E-state index contributed by atoms with van der Waals surface area (Å²) >= 11 is 0. The van der Waals surface area contributed by atoms with Crippen molar-refractivity contribution in [2.45, 2.75) is 65.5 Å². The predicted octanol–water partition coefficient (Wildman–Crippen LogP) is 4.70. The summed E-state index contributed by atoms with van der Waals surface area (Å²) in [5.41, 5.74) is -0.570. The van der Waals surface area contributed by atoms with Gasteiger partial charge >= 0.3 is 0 Å². The Kier molecular flexibility index (Phi) is 8.06. The first-order chi connectivity index (χ1) is 14.3. The van der Waals surface area contributed by atoms with Crippen molar-refractivity contribution in [2.24, 2.45) is 23.7 Å². The zero-order valence-corrected chi connectivity index (χ0v) is 21.2. The van der Waals surface area contributed by atoms with Crippen LogP contribution in [-0.2, 0) is 4.79 Å². The highest BCUT2D eigenvalue weighted by molar-refractivity contribution is 5.85. The predicted molar refractivity (Wildman–Crippen MR) is 126 cm³/mol. The van der Waals surface area contributed by atoms with E-state index in [-0.39, 0.29) is 47.5 Å². The number of likely N-dealkylation sites (tertiary alicyclic amines) is 2. The van der Waals surface area contributed by atoms with E-state index in [1.54, 1.807) is 0 Å². The number of carbonyl (C=O) groups is 1. The van der Waals surface area contributed by atoms with Crippen LogP contribution < -0.4 is 0 Å². The van der Waals surface area contributed by atoms with E-state index < -0.39 is 23.2 Å². The maximum atomic E-state index is 14.7. The van der Waals surface area contributed by atoms with Crippen LogP contribution in [0.5, 0.6) is 0 Å². The number of rotatable bonds is 3. The summed E-state index contributed by atoms with van der Waals surface area (Å²) < 4.78 is 28.2. The van der Waals surface area contributed by atoms with Gasteiger partial charge in [-0.1, -0.05) is 33.8 Å². The molecule has 0 aromatic heterocycles. The average Bonchev–Trinajstić information content (AvgIpc) is 3.10. The topological polar surface area (TPSA) is 43.8 Å². The summed E-state index contributed by atoms with van der Waals surface area (Å²) in [5.74, 6) is -1.94. The lowest BCUT2D eigenvalue weighted by molar-refractivity contribution is -0.159. The SMILES string of the molecule is CC(C)C1(O)[C@H](C)CN(C(=O)[C@@H]2CN(C(C)(C)C)C[C@H]2c2ccc(F)cc2F)C[C@@H]1C.Cl. The molecule has 7 heteroatoms. The zero-order valence-electron chi connectivity index (χ0n) is 20.4. The second-order valence-corrected chi connectivity index (χ2v) is 11.0. The molecule has 2 saturated heterocycles. The normalized spacial score (nSPS) is 31.7. The highest BCUT2D eigenvalue weighted by Crippen LogP contribution is 2.42. The second kappa shape index (κ2) is 9.55. The van der Waals surface area contributed by atoms with Crippen LogP contribution >= 0.6 is 12.4 Å². The van der Waals surface area contributed by atoms with Crippen molar-refractivity contribution in [2.75, 3.05) is 26.2 Å². The van der Waals surface area contributed by atoms with Gasteiger partial charge in [0, 0.05) is 55.5 Å². The minimum Gasteiger partial charge on any atom is -0.389 e. The van der Waals surface area contributed by atoms with Gasteiger partial charge in [-0.15, -0.1) is 12.4 Å². The van der Waals surface area contributed by atoms with E-state index in [4.69, 9.17) is 0 Å². The van der Waals surface area contributed by atoms with E-state index >= 15 is 0 Å². The van der Waals surface area contributed by atoms with Crippen LogP contribution in [0.2, 0.25) is 0 Å². The molecular formula is C25H39ClF2N2O2. The number of amides is 1. The fourth-order valence-corrected chi connectivity index (χ4v) is 5.79. The minimum absolute atomic E-state index is 0. The average molecular weight is 473 g/mol. The van der Waals surface area contributed by atoms with Crippen LogP contribution in [0.4, 0.5) is 8.78 Å². The Balaban J connectivity index is 0.00000363. The molecule has 1 amide bonds.